The molecular weight excluding hydrogens is 651 g/mol. The number of alkyl halides is 3. The first-order chi connectivity index (χ1) is 22.3. The van der Waals surface area contributed by atoms with E-state index in [0.29, 0.717) is 22.4 Å². The number of amides is 2. The fourth-order valence-electron chi connectivity index (χ4n) is 4.89. The fourth-order valence-corrected chi connectivity index (χ4v) is 6.60. The first kappa shape index (κ1) is 35.5. The van der Waals surface area contributed by atoms with Crippen molar-refractivity contribution in [2.24, 2.45) is 0 Å². The maximum Gasteiger partial charge on any atom is 0.416 e. The normalized spacial score (nSPS) is 13.0. The molecule has 0 aliphatic heterocycles. The lowest BCUT2D eigenvalue weighted by Crippen LogP contribution is -2.54. The number of carbonyl (C=O) groups excluding carboxylic acids is 2. The Balaban J connectivity index is 1.86. The van der Waals surface area contributed by atoms with Crippen LogP contribution in [0.25, 0.3) is 0 Å². The Kier molecular flexibility index (Phi) is 11.7. The lowest BCUT2D eigenvalue weighted by Gasteiger charge is -2.34. The zero-order chi connectivity index (χ0) is 34.2. The molecular formula is C35H35ClF3N3O4S. The van der Waals surface area contributed by atoms with E-state index in [1.165, 1.54) is 29.2 Å². The van der Waals surface area contributed by atoms with Gasteiger partial charge in [-0.3, -0.25) is 13.9 Å². The SMILES string of the molecule is CC[C@H](C)NC(=O)[C@@H](Cc1ccccc1)N(Cc1ccccc1)C(=O)CN(c1cc(C(F)(F)F)ccc1Cl)S(=O)(=O)c1ccccc1. The van der Waals surface area contributed by atoms with Crippen LogP contribution in [0.15, 0.2) is 114 Å². The summed E-state index contributed by atoms with van der Waals surface area (Å²) < 4.78 is 70.2. The molecule has 0 saturated carbocycles. The molecule has 0 heterocycles. The van der Waals surface area contributed by atoms with Gasteiger partial charge in [-0.15, -0.1) is 0 Å². The van der Waals surface area contributed by atoms with Crippen LogP contribution in [0.4, 0.5) is 18.9 Å². The predicted molar refractivity (Wildman–Crippen MR) is 176 cm³/mol. The van der Waals surface area contributed by atoms with E-state index in [2.05, 4.69) is 5.32 Å². The van der Waals surface area contributed by atoms with Crippen molar-refractivity contribution in [2.45, 2.75) is 56.4 Å². The lowest BCUT2D eigenvalue weighted by molar-refractivity contribution is -0.140. The van der Waals surface area contributed by atoms with Gasteiger partial charge in [-0.2, -0.15) is 13.2 Å². The summed E-state index contributed by atoms with van der Waals surface area (Å²) in [6.07, 6.45) is -4.11. The van der Waals surface area contributed by atoms with Gasteiger partial charge >= 0.3 is 6.18 Å². The third kappa shape index (κ3) is 9.14. The molecule has 0 saturated heterocycles. The molecule has 0 bridgehead atoms. The summed E-state index contributed by atoms with van der Waals surface area (Å²) in [5.41, 5.74) is -0.266. The molecule has 0 radical (unpaired) electrons. The number of halogens is 4. The summed E-state index contributed by atoms with van der Waals surface area (Å²) >= 11 is 6.36. The highest BCUT2D eigenvalue weighted by molar-refractivity contribution is 7.92. The Hall–Kier alpha value is -4.35. The van der Waals surface area contributed by atoms with E-state index >= 15 is 0 Å². The zero-order valence-electron chi connectivity index (χ0n) is 25.8. The van der Waals surface area contributed by atoms with Crippen molar-refractivity contribution in [3.63, 3.8) is 0 Å². The number of anilines is 1. The second-order valence-corrected chi connectivity index (χ2v) is 13.3. The highest BCUT2D eigenvalue weighted by atomic mass is 35.5. The van der Waals surface area contributed by atoms with Gasteiger partial charge in [0.25, 0.3) is 10.0 Å². The van der Waals surface area contributed by atoms with Crippen LogP contribution < -0.4 is 9.62 Å². The molecule has 2 amide bonds. The second kappa shape index (κ2) is 15.5. The minimum atomic E-state index is -4.82. The van der Waals surface area contributed by atoms with Crippen LogP contribution in [-0.4, -0.2) is 43.8 Å². The number of hydrogen-bond donors (Lipinski definition) is 1. The summed E-state index contributed by atoms with van der Waals surface area (Å²) in [7, 11) is -4.63. The Morgan fingerprint density at radius 1 is 0.851 bits per heavy atom. The van der Waals surface area contributed by atoms with Gasteiger partial charge in [-0.25, -0.2) is 8.42 Å². The van der Waals surface area contributed by atoms with Crippen LogP contribution >= 0.6 is 11.6 Å². The lowest BCUT2D eigenvalue weighted by atomic mass is 10.0. The summed E-state index contributed by atoms with van der Waals surface area (Å²) in [4.78, 5) is 29.3. The molecule has 0 spiro atoms. The van der Waals surface area contributed by atoms with Gasteiger partial charge in [0, 0.05) is 19.0 Å². The number of nitrogens with one attached hydrogen (secondary N) is 1. The van der Waals surface area contributed by atoms with Crippen LogP contribution in [0.5, 0.6) is 0 Å². The summed E-state index contributed by atoms with van der Waals surface area (Å²) in [5.74, 6) is -1.27. The average Bonchev–Trinajstić information content (AvgIpc) is 3.06. The van der Waals surface area contributed by atoms with Crippen molar-refractivity contribution in [3.8, 4) is 0 Å². The third-order valence-corrected chi connectivity index (χ3v) is 9.71. The fraction of sp³-hybridized carbons (Fsp3) is 0.257. The average molecular weight is 686 g/mol. The molecule has 12 heteroatoms. The first-order valence-electron chi connectivity index (χ1n) is 14.9. The van der Waals surface area contributed by atoms with Crippen molar-refractivity contribution in [2.75, 3.05) is 10.8 Å². The molecule has 0 aromatic heterocycles. The van der Waals surface area contributed by atoms with Crippen LogP contribution in [0.1, 0.15) is 37.0 Å². The van der Waals surface area contributed by atoms with E-state index in [0.717, 1.165) is 17.7 Å². The van der Waals surface area contributed by atoms with Crippen molar-refractivity contribution >= 4 is 39.1 Å². The summed E-state index contributed by atoms with van der Waals surface area (Å²) in [6, 6.07) is 25.8. The molecule has 0 aliphatic carbocycles. The summed E-state index contributed by atoms with van der Waals surface area (Å²) in [6.45, 7) is 2.70. The molecule has 0 unspecified atom stereocenters. The minimum absolute atomic E-state index is 0.0827. The number of benzene rings is 4. The third-order valence-electron chi connectivity index (χ3n) is 7.62. The molecule has 0 fully saturated rings. The number of carbonyl (C=O) groups is 2. The molecule has 1 N–H and O–H groups in total. The van der Waals surface area contributed by atoms with Crippen LogP contribution in [0.2, 0.25) is 5.02 Å². The van der Waals surface area contributed by atoms with Crippen molar-refractivity contribution in [1.82, 2.24) is 10.2 Å². The molecule has 4 aromatic rings. The van der Waals surface area contributed by atoms with Crippen LogP contribution in [0.3, 0.4) is 0 Å². The molecule has 248 valence electrons. The van der Waals surface area contributed by atoms with E-state index in [1.54, 1.807) is 48.5 Å². The van der Waals surface area contributed by atoms with E-state index < -0.39 is 51.9 Å². The smallest absolute Gasteiger partial charge is 0.352 e. The molecule has 2 atom stereocenters. The van der Waals surface area contributed by atoms with Gasteiger partial charge in [-0.1, -0.05) is 97.4 Å². The number of sulfonamides is 1. The van der Waals surface area contributed by atoms with Crippen molar-refractivity contribution < 1.29 is 31.2 Å². The topological polar surface area (TPSA) is 86.8 Å². The maximum absolute atomic E-state index is 14.5. The van der Waals surface area contributed by atoms with E-state index in [1.807, 2.05) is 32.0 Å². The quantitative estimate of drug-likeness (QED) is 0.163. The number of rotatable bonds is 13. The van der Waals surface area contributed by atoms with Gasteiger partial charge in [0.2, 0.25) is 11.8 Å². The van der Waals surface area contributed by atoms with Crippen molar-refractivity contribution in [1.29, 1.82) is 0 Å². The standard InChI is InChI=1S/C35H35ClF3N3O4S/c1-3-25(2)40-34(44)32(21-26-13-7-4-8-14-26)41(23-27-15-9-5-10-16-27)33(43)24-42(47(45,46)29-17-11-6-12-18-29)31-22-28(35(37,38)39)19-20-30(31)36/h4-20,22,25,32H,3,21,23-24H2,1-2H3,(H,40,44)/t25-,32+/m0/s1. The minimum Gasteiger partial charge on any atom is -0.352 e. The monoisotopic (exact) mass is 685 g/mol. The highest BCUT2D eigenvalue weighted by Crippen LogP contribution is 2.37. The summed E-state index contributed by atoms with van der Waals surface area (Å²) in [5, 5.41) is 2.62. The van der Waals surface area contributed by atoms with Gasteiger partial charge in [0.05, 0.1) is 21.2 Å². The van der Waals surface area contributed by atoms with Gasteiger partial charge in [0.1, 0.15) is 12.6 Å². The van der Waals surface area contributed by atoms with E-state index in [4.69, 9.17) is 11.6 Å². The zero-order valence-corrected chi connectivity index (χ0v) is 27.4. The molecule has 47 heavy (non-hydrogen) atoms. The Morgan fingerprint density at radius 3 is 1.96 bits per heavy atom. The number of hydrogen-bond acceptors (Lipinski definition) is 4. The van der Waals surface area contributed by atoms with Crippen molar-refractivity contribution in [3.05, 3.63) is 131 Å². The highest BCUT2D eigenvalue weighted by Gasteiger charge is 2.37. The van der Waals surface area contributed by atoms with Crippen LogP contribution in [-0.2, 0) is 38.8 Å². The number of nitrogens with zero attached hydrogens (tertiary/aromatic N) is 2. The largest absolute Gasteiger partial charge is 0.416 e. The maximum atomic E-state index is 14.5. The Labute approximate surface area is 278 Å². The Morgan fingerprint density at radius 2 is 1.40 bits per heavy atom. The van der Waals surface area contributed by atoms with E-state index in [-0.39, 0.29) is 28.9 Å². The van der Waals surface area contributed by atoms with Crippen LogP contribution in [0, 0.1) is 0 Å². The second-order valence-electron chi connectivity index (χ2n) is 11.0. The molecule has 0 aliphatic rings. The molecule has 4 aromatic carbocycles. The molecule has 4 rings (SSSR count). The Bertz CT molecular complexity index is 1760. The van der Waals surface area contributed by atoms with E-state index in [9.17, 15) is 31.2 Å². The van der Waals surface area contributed by atoms with Gasteiger partial charge in [0.15, 0.2) is 0 Å². The first-order valence-corrected chi connectivity index (χ1v) is 16.7. The molecule has 7 nitrogen and oxygen atoms in total. The predicted octanol–water partition coefficient (Wildman–Crippen LogP) is 7.11. The van der Waals surface area contributed by atoms with Gasteiger partial charge < -0.3 is 10.2 Å². The van der Waals surface area contributed by atoms with Gasteiger partial charge in [-0.05, 0) is 54.8 Å².